The van der Waals surface area contributed by atoms with E-state index >= 15 is 0 Å². The number of hydrogen-bond acceptors (Lipinski definition) is 4. The molecule has 0 aliphatic carbocycles. The molecule has 19 heavy (non-hydrogen) atoms. The second-order valence-corrected chi connectivity index (χ2v) is 4.47. The smallest absolute Gasteiger partial charge is 0.322 e. The molecule has 1 saturated heterocycles. The minimum Gasteiger partial charge on any atom is -0.481 e. The molecule has 1 aliphatic rings. The lowest BCUT2D eigenvalue weighted by molar-refractivity contribution is -0.142. The van der Waals surface area contributed by atoms with Gasteiger partial charge in [0.1, 0.15) is 0 Å². The fourth-order valence-electron chi connectivity index (χ4n) is 2.08. The van der Waals surface area contributed by atoms with Gasteiger partial charge in [-0.1, -0.05) is 13.0 Å². The lowest BCUT2D eigenvalue weighted by Gasteiger charge is -2.26. The van der Waals surface area contributed by atoms with Crippen molar-refractivity contribution in [3.63, 3.8) is 0 Å². The molecule has 2 atom stereocenters. The number of carboxylic acids is 1. The number of rotatable bonds is 4. The van der Waals surface area contributed by atoms with Gasteiger partial charge in [-0.15, -0.1) is 0 Å². The largest absolute Gasteiger partial charge is 0.481 e. The molecule has 0 spiro atoms. The molecule has 1 aromatic rings. The van der Waals surface area contributed by atoms with Gasteiger partial charge in [0.25, 0.3) is 5.91 Å². The molecular formula is C12H13N3O4. The van der Waals surface area contributed by atoms with Crippen LogP contribution < -0.4 is 10.6 Å². The first kappa shape index (κ1) is 13.0. The van der Waals surface area contributed by atoms with Gasteiger partial charge in [0, 0.05) is 6.20 Å². The maximum atomic E-state index is 12.0. The molecule has 3 amide bonds. The molecule has 2 heterocycles. The Bertz CT molecular complexity index is 531. The van der Waals surface area contributed by atoms with Gasteiger partial charge < -0.3 is 10.4 Å². The lowest BCUT2D eigenvalue weighted by Crippen LogP contribution is -2.46. The predicted molar refractivity (Wildman–Crippen MR) is 64.0 cm³/mol. The Kier molecular flexibility index (Phi) is 3.20. The number of amides is 3. The maximum Gasteiger partial charge on any atom is 0.322 e. The van der Waals surface area contributed by atoms with Crippen LogP contribution in [0.1, 0.15) is 19.0 Å². The van der Waals surface area contributed by atoms with Gasteiger partial charge >= 0.3 is 12.0 Å². The molecule has 2 rings (SSSR count). The van der Waals surface area contributed by atoms with E-state index in [0.29, 0.717) is 5.69 Å². The zero-order valence-electron chi connectivity index (χ0n) is 10.2. The van der Waals surface area contributed by atoms with Crippen molar-refractivity contribution >= 4 is 17.9 Å². The van der Waals surface area contributed by atoms with E-state index in [1.807, 2.05) is 0 Å². The molecular weight excluding hydrogens is 250 g/mol. The van der Waals surface area contributed by atoms with Gasteiger partial charge in [-0.3, -0.25) is 19.9 Å². The minimum atomic E-state index is -1.42. The van der Waals surface area contributed by atoms with Crippen LogP contribution >= 0.6 is 0 Å². The fourth-order valence-corrected chi connectivity index (χ4v) is 2.08. The van der Waals surface area contributed by atoms with E-state index < -0.39 is 29.4 Å². The van der Waals surface area contributed by atoms with Crippen molar-refractivity contribution in [1.29, 1.82) is 0 Å². The highest BCUT2D eigenvalue weighted by atomic mass is 16.4. The van der Waals surface area contributed by atoms with Crippen LogP contribution in [0, 0.1) is 5.92 Å². The maximum absolute atomic E-state index is 12.0. The number of hydrogen-bond donors (Lipinski definition) is 3. The number of carboxylic acid groups (broad SMARTS) is 1. The minimum absolute atomic E-state index is 0.0586. The van der Waals surface area contributed by atoms with Crippen molar-refractivity contribution in [2.75, 3.05) is 0 Å². The quantitative estimate of drug-likeness (QED) is 0.674. The number of imide groups is 1. The molecule has 0 saturated carbocycles. The Morgan fingerprint density at radius 3 is 2.68 bits per heavy atom. The van der Waals surface area contributed by atoms with E-state index in [4.69, 9.17) is 5.11 Å². The third-order valence-electron chi connectivity index (χ3n) is 3.08. The second kappa shape index (κ2) is 4.68. The summed E-state index contributed by atoms with van der Waals surface area (Å²) in [4.78, 5) is 38.5. The molecule has 3 N–H and O–H groups in total. The van der Waals surface area contributed by atoms with Crippen molar-refractivity contribution in [3.05, 3.63) is 30.1 Å². The normalized spacial score (nSPS) is 23.6. The zero-order chi connectivity index (χ0) is 14.0. The lowest BCUT2D eigenvalue weighted by atomic mass is 9.85. The molecule has 1 unspecified atom stereocenters. The van der Waals surface area contributed by atoms with E-state index in [1.54, 1.807) is 18.2 Å². The van der Waals surface area contributed by atoms with E-state index in [-0.39, 0.29) is 6.42 Å². The zero-order valence-corrected chi connectivity index (χ0v) is 10.2. The molecule has 1 aliphatic heterocycles. The van der Waals surface area contributed by atoms with E-state index in [0.717, 1.165) is 0 Å². The number of nitrogens with zero attached hydrogens (tertiary/aromatic N) is 1. The summed E-state index contributed by atoms with van der Waals surface area (Å²) in [5.41, 5.74) is -1.10. The summed E-state index contributed by atoms with van der Waals surface area (Å²) < 4.78 is 0. The Balaban J connectivity index is 2.43. The summed E-state index contributed by atoms with van der Waals surface area (Å²) in [5, 5.41) is 13.6. The van der Waals surface area contributed by atoms with Gasteiger partial charge in [-0.05, 0) is 18.6 Å². The average Bonchev–Trinajstić information content (AvgIpc) is 2.66. The van der Waals surface area contributed by atoms with Crippen LogP contribution in [-0.4, -0.2) is 28.0 Å². The van der Waals surface area contributed by atoms with Crippen molar-refractivity contribution < 1.29 is 19.5 Å². The summed E-state index contributed by atoms with van der Waals surface area (Å²) in [7, 11) is 0. The van der Waals surface area contributed by atoms with Crippen LogP contribution in [0.3, 0.4) is 0 Å². The Labute approximate surface area is 109 Å². The third kappa shape index (κ3) is 2.26. The molecule has 0 radical (unpaired) electrons. The predicted octanol–water partition coefficient (Wildman–Crippen LogP) is 0.227. The van der Waals surface area contributed by atoms with Crippen LogP contribution in [-0.2, 0) is 15.1 Å². The van der Waals surface area contributed by atoms with Crippen LogP contribution in [0.4, 0.5) is 4.79 Å². The molecule has 1 aromatic heterocycles. The first-order chi connectivity index (χ1) is 8.95. The Hall–Kier alpha value is -2.44. The van der Waals surface area contributed by atoms with Crippen LogP contribution in [0.5, 0.6) is 0 Å². The van der Waals surface area contributed by atoms with E-state index in [2.05, 4.69) is 15.6 Å². The first-order valence-corrected chi connectivity index (χ1v) is 5.73. The topological polar surface area (TPSA) is 108 Å². The van der Waals surface area contributed by atoms with Crippen molar-refractivity contribution in [2.24, 2.45) is 5.92 Å². The number of carbonyl (C=O) groups excluding carboxylic acids is 2. The van der Waals surface area contributed by atoms with Crippen molar-refractivity contribution in [1.82, 2.24) is 15.6 Å². The van der Waals surface area contributed by atoms with Gasteiger partial charge in [0.05, 0.1) is 11.6 Å². The van der Waals surface area contributed by atoms with Gasteiger partial charge in [0.2, 0.25) is 0 Å². The average molecular weight is 263 g/mol. The number of aromatic nitrogens is 1. The summed E-state index contributed by atoms with van der Waals surface area (Å²) in [6.07, 6.45) is 1.43. The molecule has 0 aromatic carbocycles. The summed E-state index contributed by atoms with van der Waals surface area (Å²) in [6, 6.07) is 4.28. The number of aliphatic carboxylic acids is 1. The number of pyridine rings is 1. The van der Waals surface area contributed by atoms with Crippen molar-refractivity contribution in [2.45, 2.75) is 18.9 Å². The van der Waals surface area contributed by atoms with Crippen molar-refractivity contribution in [3.8, 4) is 0 Å². The Morgan fingerprint density at radius 2 is 2.21 bits per heavy atom. The summed E-state index contributed by atoms with van der Waals surface area (Å²) in [5.74, 6) is -2.42. The molecule has 1 fully saturated rings. The number of carbonyl (C=O) groups is 3. The van der Waals surface area contributed by atoms with E-state index in [9.17, 15) is 14.4 Å². The highest BCUT2D eigenvalue weighted by molar-refractivity contribution is 6.07. The molecule has 7 nitrogen and oxygen atoms in total. The van der Waals surface area contributed by atoms with Gasteiger partial charge in [-0.25, -0.2) is 4.79 Å². The third-order valence-corrected chi connectivity index (χ3v) is 3.08. The van der Waals surface area contributed by atoms with Gasteiger partial charge in [-0.2, -0.15) is 0 Å². The Morgan fingerprint density at radius 1 is 1.47 bits per heavy atom. The molecule has 100 valence electrons. The van der Waals surface area contributed by atoms with Crippen LogP contribution in [0.25, 0.3) is 0 Å². The highest BCUT2D eigenvalue weighted by Gasteiger charge is 2.50. The monoisotopic (exact) mass is 263 g/mol. The first-order valence-electron chi connectivity index (χ1n) is 5.73. The van der Waals surface area contributed by atoms with E-state index in [1.165, 1.54) is 13.1 Å². The molecule has 0 bridgehead atoms. The summed E-state index contributed by atoms with van der Waals surface area (Å²) in [6.45, 7) is 1.48. The van der Waals surface area contributed by atoms with Gasteiger partial charge in [0.15, 0.2) is 5.54 Å². The summed E-state index contributed by atoms with van der Waals surface area (Å²) >= 11 is 0. The van der Waals surface area contributed by atoms with Crippen LogP contribution in [0.2, 0.25) is 0 Å². The highest BCUT2D eigenvalue weighted by Crippen LogP contribution is 2.30. The number of nitrogens with one attached hydrogen (secondary N) is 2. The fraction of sp³-hybridized carbons (Fsp3) is 0.333. The molecule has 7 heteroatoms. The standard InChI is InChI=1S/C12H13N3O4/c1-7(9(16)17)6-12(8-4-2-3-5-13-8)10(18)14-11(19)15-12/h2-5,7H,6H2,1H3,(H,16,17)(H2,14,15,18,19)/t7?,12-/m1/s1. The second-order valence-electron chi connectivity index (χ2n) is 4.47. The number of urea groups is 1. The van der Waals surface area contributed by atoms with Crippen LogP contribution in [0.15, 0.2) is 24.4 Å². The SMILES string of the molecule is CC(C[C@]1(c2ccccn2)NC(=O)NC1=O)C(=O)O.